The van der Waals surface area contributed by atoms with Crippen molar-refractivity contribution in [2.45, 2.75) is 38.0 Å². The molecule has 4 rings (SSSR count). The minimum atomic E-state index is 0.0542. The minimum absolute atomic E-state index is 0.0542. The van der Waals surface area contributed by atoms with E-state index in [-0.39, 0.29) is 5.91 Å². The van der Waals surface area contributed by atoms with Crippen LogP contribution in [0.15, 0.2) is 36.4 Å². The molecule has 0 radical (unpaired) electrons. The predicted molar refractivity (Wildman–Crippen MR) is 118 cm³/mol. The van der Waals surface area contributed by atoms with E-state index in [9.17, 15) is 4.79 Å². The Balaban J connectivity index is 1.15. The van der Waals surface area contributed by atoms with E-state index < -0.39 is 0 Å². The molecule has 0 saturated carbocycles. The fraction of sp³-hybridized carbons (Fsp3) is 0.435. The molecule has 0 unspecified atom stereocenters. The van der Waals surface area contributed by atoms with Crippen molar-refractivity contribution in [2.24, 2.45) is 0 Å². The first-order chi connectivity index (χ1) is 14.1. The highest BCUT2D eigenvalue weighted by atomic mass is 35.5. The van der Waals surface area contributed by atoms with Crippen LogP contribution in [0, 0.1) is 0 Å². The van der Waals surface area contributed by atoms with E-state index in [0.29, 0.717) is 24.0 Å². The Morgan fingerprint density at radius 3 is 2.76 bits per heavy atom. The number of unbranched alkanes of at least 4 members (excludes halogenated alkanes) is 1. The molecule has 2 aromatic rings. The lowest BCUT2D eigenvalue weighted by molar-refractivity contribution is -0.115. The van der Waals surface area contributed by atoms with E-state index in [1.54, 1.807) is 0 Å². The third-order valence-corrected chi connectivity index (χ3v) is 6.69. The van der Waals surface area contributed by atoms with E-state index in [1.165, 1.54) is 5.56 Å². The SMILES string of the molecule is O=C1Cc2ccc(OCCCCN3CCC(c4cccc(Cl)c4Cl)CC3)cc2N1. The summed E-state index contributed by atoms with van der Waals surface area (Å²) in [5.41, 5.74) is 3.12. The molecule has 2 aromatic carbocycles. The third kappa shape index (κ3) is 5.06. The van der Waals surface area contributed by atoms with Crippen LogP contribution < -0.4 is 10.1 Å². The first kappa shape index (κ1) is 20.5. The van der Waals surface area contributed by atoms with Crippen LogP contribution in [0.2, 0.25) is 10.0 Å². The van der Waals surface area contributed by atoms with Crippen LogP contribution in [0.1, 0.15) is 42.7 Å². The maximum atomic E-state index is 11.4. The number of piperidine rings is 1. The standard InChI is InChI=1S/C23H26Cl2N2O2/c24-20-5-3-4-19(23(20)25)16-8-11-27(12-9-16)10-1-2-13-29-18-7-6-17-14-22(28)26-21(17)15-18/h3-7,15-16H,1-2,8-14H2,(H,26,28). The quantitative estimate of drug-likeness (QED) is 0.584. The summed E-state index contributed by atoms with van der Waals surface area (Å²) in [6, 6.07) is 11.8. The van der Waals surface area contributed by atoms with E-state index >= 15 is 0 Å². The Morgan fingerprint density at radius 2 is 1.93 bits per heavy atom. The highest BCUT2D eigenvalue weighted by Gasteiger charge is 2.22. The number of likely N-dealkylation sites (tertiary alicyclic amines) is 1. The Bertz CT molecular complexity index is 879. The predicted octanol–water partition coefficient (Wildman–Crippen LogP) is 5.53. The van der Waals surface area contributed by atoms with Gasteiger partial charge in [-0.2, -0.15) is 0 Å². The van der Waals surface area contributed by atoms with Gasteiger partial charge in [-0.3, -0.25) is 4.79 Å². The molecular formula is C23H26Cl2N2O2. The molecule has 1 amide bonds. The number of carbonyl (C=O) groups is 1. The molecule has 0 aliphatic carbocycles. The largest absolute Gasteiger partial charge is 0.494 e. The molecule has 6 heteroatoms. The summed E-state index contributed by atoms with van der Waals surface area (Å²) in [6.45, 7) is 3.98. The van der Waals surface area contributed by atoms with Gasteiger partial charge in [0.25, 0.3) is 0 Å². The molecular weight excluding hydrogens is 407 g/mol. The number of hydrogen-bond acceptors (Lipinski definition) is 3. The number of nitrogens with one attached hydrogen (secondary N) is 1. The summed E-state index contributed by atoms with van der Waals surface area (Å²) in [7, 11) is 0. The first-order valence-corrected chi connectivity index (χ1v) is 11.1. The van der Waals surface area contributed by atoms with Gasteiger partial charge in [-0.15, -0.1) is 0 Å². The first-order valence-electron chi connectivity index (χ1n) is 10.3. The number of fused-ring (bicyclic) bond motifs is 1. The van der Waals surface area contributed by atoms with Crippen LogP contribution >= 0.6 is 23.2 Å². The van der Waals surface area contributed by atoms with Gasteiger partial charge in [-0.25, -0.2) is 0 Å². The maximum absolute atomic E-state index is 11.4. The second-order valence-electron chi connectivity index (χ2n) is 7.86. The molecule has 0 atom stereocenters. The molecule has 1 fully saturated rings. The number of nitrogens with zero attached hydrogens (tertiary/aromatic N) is 1. The van der Waals surface area contributed by atoms with Gasteiger partial charge in [0.05, 0.1) is 23.1 Å². The summed E-state index contributed by atoms with van der Waals surface area (Å²) < 4.78 is 5.86. The van der Waals surface area contributed by atoms with Crippen molar-refractivity contribution in [3.63, 3.8) is 0 Å². The molecule has 1 N–H and O–H groups in total. The Labute approximate surface area is 182 Å². The van der Waals surface area contributed by atoms with Gasteiger partial charge in [0.15, 0.2) is 0 Å². The van der Waals surface area contributed by atoms with Crippen molar-refractivity contribution < 1.29 is 9.53 Å². The molecule has 2 heterocycles. The average molecular weight is 433 g/mol. The number of hydrogen-bond donors (Lipinski definition) is 1. The number of halogens is 2. The van der Waals surface area contributed by atoms with E-state index in [2.05, 4.69) is 16.3 Å². The van der Waals surface area contributed by atoms with Crippen molar-refractivity contribution in [2.75, 3.05) is 31.6 Å². The van der Waals surface area contributed by atoms with E-state index in [4.69, 9.17) is 27.9 Å². The van der Waals surface area contributed by atoms with Gasteiger partial charge in [0.2, 0.25) is 5.91 Å². The second kappa shape index (κ2) is 9.38. The normalized spacial score (nSPS) is 17.2. The van der Waals surface area contributed by atoms with Crippen LogP contribution in [0.4, 0.5) is 5.69 Å². The Morgan fingerprint density at radius 1 is 1.10 bits per heavy atom. The summed E-state index contributed by atoms with van der Waals surface area (Å²) in [6.07, 6.45) is 4.85. The molecule has 29 heavy (non-hydrogen) atoms. The third-order valence-electron chi connectivity index (χ3n) is 5.85. The van der Waals surface area contributed by atoms with Gasteiger partial charge in [0, 0.05) is 11.8 Å². The number of ether oxygens (including phenoxy) is 1. The molecule has 0 spiro atoms. The number of amides is 1. The summed E-state index contributed by atoms with van der Waals surface area (Å²) in [4.78, 5) is 14.0. The molecule has 4 nitrogen and oxygen atoms in total. The van der Waals surface area contributed by atoms with Crippen LogP contribution in [-0.4, -0.2) is 37.0 Å². The molecule has 2 aliphatic heterocycles. The molecule has 154 valence electrons. The van der Waals surface area contributed by atoms with Gasteiger partial charge in [-0.05, 0) is 74.5 Å². The lowest BCUT2D eigenvalue weighted by Gasteiger charge is -2.32. The van der Waals surface area contributed by atoms with Crippen LogP contribution in [-0.2, 0) is 11.2 Å². The Hall–Kier alpha value is -1.75. The molecule has 0 aromatic heterocycles. The lowest BCUT2D eigenvalue weighted by Crippen LogP contribution is -2.33. The number of anilines is 1. The fourth-order valence-corrected chi connectivity index (χ4v) is 4.68. The van der Waals surface area contributed by atoms with Crippen LogP contribution in [0.5, 0.6) is 5.75 Å². The lowest BCUT2D eigenvalue weighted by atomic mass is 9.89. The molecule has 1 saturated heterocycles. The zero-order chi connectivity index (χ0) is 20.2. The fourth-order valence-electron chi connectivity index (χ4n) is 4.21. The van der Waals surface area contributed by atoms with Crippen molar-refractivity contribution in [1.29, 1.82) is 0 Å². The van der Waals surface area contributed by atoms with Crippen LogP contribution in [0.25, 0.3) is 0 Å². The highest BCUT2D eigenvalue weighted by molar-refractivity contribution is 6.42. The maximum Gasteiger partial charge on any atom is 0.228 e. The number of rotatable bonds is 7. The summed E-state index contributed by atoms with van der Waals surface area (Å²) in [5.74, 6) is 1.38. The van der Waals surface area contributed by atoms with Gasteiger partial charge in [-0.1, -0.05) is 41.4 Å². The monoisotopic (exact) mass is 432 g/mol. The van der Waals surface area contributed by atoms with E-state index in [0.717, 1.165) is 67.3 Å². The van der Waals surface area contributed by atoms with Gasteiger partial charge < -0.3 is 15.0 Å². The van der Waals surface area contributed by atoms with Gasteiger partial charge >= 0.3 is 0 Å². The Kier molecular flexibility index (Phi) is 6.63. The van der Waals surface area contributed by atoms with Crippen molar-refractivity contribution >= 4 is 34.8 Å². The second-order valence-corrected chi connectivity index (χ2v) is 8.64. The highest BCUT2D eigenvalue weighted by Crippen LogP contribution is 2.36. The van der Waals surface area contributed by atoms with Gasteiger partial charge in [0.1, 0.15) is 5.75 Å². The molecule has 2 aliphatic rings. The molecule has 0 bridgehead atoms. The topological polar surface area (TPSA) is 41.6 Å². The van der Waals surface area contributed by atoms with Crippen LogP contribution in [0.3, 0.4) is 0 Å². The van der Waals surface area contributed by atoms with E-state index in [1.807, 2.05) is 30.3 Å². The number of carbonyl (C=O) groups excluding carboxylic acids is 1. The number of benzene rings is 2. The average Bonchev–Trinajstić information content (AvgIpc) is 3.10. The zero-order valence-electron chi connectivity index (χ0n) is 16.4. The van der Waals surface area contributed by atoms with Crippen molar-refractivity contribution in [1.82, 2.24) is 4.90 Å². The summed E-state index contributed by atoms with van der Waals surface area (Å²) >= 11 is 12.6. The zero-order valence-corrected chi connectivity index (χ0v) is 17.9. The smallest absolute Gasteiger partial charge is 0.228 e. The summed E-state index contributed by atoms with van der Waals surface area (Å²) in [5, 5.41) is 4.23. The minimum Gasteiger partial charge on any atom is -0.494 e. The van der Waals surface area contributed by atoms with Crippen molar-refractivity contribution in [3.05, 3.63) is 57.6 Å². The van der Waals surface area contributed by atoms with Crippen molar-refractivity contribution in [3.8, 4) is 5.75 Å².